The summed E-state index contributed by atoms with van der Waals surface area (Å²) in [5.74, 6) is -0.0470. The fraction of sp³-hybridized carbons (Fsp3) is 0.500. The third-order valence-electron chi connectivity index (χ3n) is 2.19. The molecule has 0 aromatic carbocycles. The maximum atomic E-state index is 11.6. The number of rotatable bonds is 1. The van der Waals surface area contributed by atoms with Crippen molar-refractivity contribution in [2.45, 2.75) is 12.5 Å². The Kier molecular flexibility index (Phi) is 2.02. The van der Waals surface area contributed by atoms with Crippen LogP contribution < -0.4 is 5.73 Å². The van der Waals surface area contributed by atoms with Crippen LogP contribution in [0.25, 0.3) is 0 Å². The summed E-state index contributed by atoms with van der Waals surface area (Å²) in [5.41, 5.74) is 6.18. The summed E-state index contributed by atoms with van der Waals surface area (Å²) in [6, 6.07) is 0.115. The van der Waals surface area contributed by atoms with Crippen LogP contribution in [0.4, 0.5) is 0 Å². The van der Waals surface area contributed by atoms with E-state index in [-0.39, 0.29) is 11.9 Å². The fourth-order valence-electron chi connectivity index (χ4n) is 1.46. The Morgan fingerprint density at radius 1 is 1.77 bits per heavy atom. The van der Waals surface area contributed by atoms with E-state index in [1.54, 1.807) is 4.90 Å². The van der Waals surface area contributed by atoms with Crippen LogP contribution in [0.2, 0.25) is 0 Å². The molecule has 2 rings (SSSR count). The molecule has 70 valence electrons. The zero-order valence-corrected chi connectivity index (χ0v) is 7.14. The molecule has 0 radical (unpaired) electrons. The molecule has 1 atom stereocenters. The first-order valence-electron chi connectivity index (χ1n) is 4.21. The first kappa shape index (κ1) is 8.25. The predicted octanol–water partition coefficient (Wildman–Crippen LogP) is -0.152. The van der Waals surface area contributed by atoms with Crippen molar-refractivity contribution in [3.8, 4) is 0 Å². The number of aromatic nitrogens is 1. The minimum atomic E-state index is -0.0470. The van der Waals surface area contributed by atoms with Gasteiger partial charge in [0.1, 0.15) is 6.26 Å². The summed E-state index contributed by atoms with van der Waals surface area (Å²) in [5, 5.41) is 3.48. The number of nitrogens with zero attached hydrogens (tertiary/aromatic N) is 2. The minimum absolute atomic E-state index is 0.0470. The van der Waals surface area contributed by atoms with Gasteiger partial charge in [-0.2, -0.15) is 0 Å². The van der Waals surface area contributed by atoms with Gasteiger partial charge in [-0.3, -0.25) is 4.79 Å². The highest BCUT2D eigenvalue weighted by atomic mass is 16.5. The van der Waals surface area contributed by atoms with E-state index in [1.165, 1.54) is 12.5 Å². The SMILES string of the molecule is NC1CCN(C(=O)c2cnoc2)C1. The lowest BCUT2D eigenvalue weighted by atomic mass is 10.3. The van der Waals surface area contributed by atoms with Gasteiger partial charge < -0.3 is 15.2 Å². The molecule has 13 heavy (non-hydrogen) atoms. The summed E-state index contributed by atoms with van der Waals surface area (Å²) in [7, 11) is 0. The van der Waals surface area contributed by atoms with E-state index in [1.807, 2.05) is 0 Å². The number of nitrogens with two attached hydrogens (primary N) is 1. The van der Waals surface area contributed by atoms with Crippen LogP contribution in [0.15, 0.2) is 17.0 Å². The maximum Gasteiger partial charge on any atom is 0.258 e. The molecule has 1 aliphatic heterocycles. The summed E-state index contributed by atoms with van der Waals surface area (Å²) in [6.45, 7) is 1.36. The van der Waals surface area contributed by atoms with Gasteiger partial charge >= 0.3 is 0 Å². The second-order valence-electron chi connectivity index (χ2n) is 3.21. The second kappa shape index (κ2) is 3.18. The van der Waals surface area contributed by atoms with Gasteiger partial charge in [-0.05, 0) is 6.42 Å². The van der Waals surface area contributed by atoms with Gasteiger partial charge in [0.15, 0.2) is 0 Å². The van der Waals surface area contributed by atoms with Gasteiger partial charge in [0.2, 0.25) is 0 Å². The van der Waals surface area contributed by atoms with Crippen LogP contribution in [0.3, 0.4) is 0 Å². The van der Waals surface area contributed by atoms with Crippen LogP contribution in [0.5, 0.6) is 0 Å². The molecule has 1 fully saturated rings. The molecule has 1 aromatic heterocycles. The number of likely N-dealkylation sites (tertiary alicyclic amines) is 1. The molecule has 2 N–H and O–H groups in total. The Morgan fingerprint density at radius 3 is 3.15 bits per heavy atom. The van der Waals surface area contributed by atoms with Crippen molar-refractivity contribution in [3.05, 3.63) is 18.0 Å². The molecule has 0 spiro atoms. The molecule has 1 amide bonds. The fourth-order valence-corrected chi connectivity index (χ4v) is 1.46. The van der Waals surface area contributed by atoms with Crippen molar-refractivity contribution in [2.24, 2.45) is 5.73 Å². The van der Waals surface area contributed by atoms with Crippen LogP contribution in [-0.2, 0) is 0 Å². The van der Waals surface area contributed by atoms with Crippen molar-refractivity contribution < 1.29 is 9.32 Å². The highest BCUT2D eigenvalue weighted by Crippen LogP contribution is 2.11. The van der Waals surface area contributed by atoms with E-state index < -0.39 is 0 Å². The molecule has 5 heteroatoms. The van der Waals surface area contributed by atoms with Crippen molar-refractivity contribution >= 4 is 5.91 Å². The first-order chi connectivity index (χ1) is 6.27. The van der Waals surface area contributed by atoms with E-state index >= 15 is 0 Å². The van der Waals surface area contributed by atoms with E-state index in [4.69, 9.17) is 5.73 Å². The van der Waals surface area contributed by atoms with E-state index in [9.17, 15) is 4.79 Å². The maximum absolute atomic E-state index is 11.6. The van der Waals surface area contributed by atoms with Gasteiger partial charge in [-0.15, -0.1) is 0 Å². The van der Waals surface area contributed by atoms with Crippen LogP contribution in [0, 0.1) is 0 Å². The van der Waals surface area contributed by atoms with Gasteiger partial charge in [-0.25, -0.2) is 0 Å². The largest absolute Gasteiger partial charge is 0.364 e. The summed E-state index contributed by atoms with van der Waals surface area (Å²) in [6.07, 6.45) is 3.65. The molecule has 0 saturated carbocycles. The van der Waals surface area contributed by atoms with Gasteiger partial charge in [0.25, 0.3) is 5.91 Å². The van der Waals surface area contributed by atoms with Crippen molar-refractivity contribution in [1.82, 2.24) is 10.1 Å². The molecule has 1 unspecified atom stereocenters. The van der Waals surface area contributed by atoms with Crippen molar-refractivity contribution in [2.75, 3.05) is 13.1 Å². The lowest BCUT2D eigenvalue weighted by Crippen LogP contribution is -2.31. The molecule has 0 aliphatic carbocycles. The standard InChI is InChI=1S/C8H11N3O2/c9-7-1-2-11(4-7)8(12)6-3-10-13-5-6/h3,5,7H,1-2,4,9H2. The third-order valence-corrected chi connectivity index (χ3v) is 2.19. The smallest absolute Gasteiger partial charge is 0.258 e. The highest BCUT2D eigenvalue weighted by Gasteiger charge is 2.25. The molecular formula is C8H11N3O2. The van der Waals surface area contributed by atoms with Gasteiger partial charge in [0.05, 0.1) is 11.8 Å². The van der Waals surface area contributed by atoms with Crippen molar-refractivity contribution in [1.29, 1.82) is 0 Å². The molecule has 1 saturated heterocycles. The highest BCUT2D eigenvalue weighted by molar-refractivity contribution is 5.93. The number of carbonyl (C=O) groups is 1. The quantitative estimate of drug-likeness (QED) is 0.653. The van der Waals surface area contributed by atoms with E-state index in [0.717, 1.165) is 13.0 Å². The van der Waals surface area contributed by atoms with Gasteiger partial charge in [-0.1, -0.05) is 5.16 Å². The molecule has 0 bridgehead atoms. The normalized spacial score (nSPS) is 22.2. The molecule has 5 nitrogen and oxygen atoms in total. The second-order valence-corrected chi connectivity index (χ2v) is 3.21. The molecular weight excluding hydrogens is 170 g/mol. The minimum Gasteiger partial charge on any atom is -0.364 e. The van der Waals surface area contributed by atoms with Crippen LogP contribution in [-0.4, -0.2) is 35.1 Å². The summed E-state index contributed by atoms with van der Waals surface area (Å²) >= 11 is 0. The van der Waals surface area contributed by atoms with Crippen molar-refractivity contribution in [3.63, 3.8) is 0 Å². The third kappa shape index (κ3) is 1.55. The number of hydrogen-bond acceptors (Lipinski definition) is 4. The Bertz CT molecular complexity index is 296. The topological polar surface area (TPSA) is 72.4 Å². The zero-order valence-electron chi connectivity index (χ0n) is 7.14. The Morgan fingerprint density at radius 2 is 2.62 bits per heavy atom. The Balaban J connectivity index is 2.06. The number of carbonyl (C=O) groups excluding carboxylic acids is 1. The molecule has 1 aliphatic rings. The lowest BCUT2D eigenvalue weighted by molar-refractivity contribution is 0.0790. The lowest BCUT2D eigenvalue weighted by Gasteiger charge is -2.13. The van der Waals surface area contributed by atoms with Gasteiger partial charge in [0, 0.05) is 19.1 Å². The Labute approximate surface area is 75.5 Å². The Hall–Kier alpha value is -1.36. The van der Waals surface area contributed by atoms with Crippen LogP contribution in [0.1, 0.15) is 16.8 Å². The average molecular weight is 181 g/mol. The first-order valence-corrected chi connectivity index (χ1v) is 4.21. The van der Waals surface area contributed by atoms with Crippen LogP contribution >= 0.6 is 0 Å². The monoisotopic (exact) mass is 181 g/mol. The zero-order chi connectivity index (χ0) is 9.26. The van der Waals surface area contributed by atoms with E-state index in [0.29, 0.717) is 12.1 Å². The van der Waals surface area contributed by atoms with E-state index in [2.05, 4.69) is 9.68 Å². The summed E-state index contributed by atoms with van der Waals surface area (Å²) < 4.78 is 4.59. The number of hydrogen-bond donors (Lipinski definition) is 1. The summed E-state index contributed by atoms with van der Waals surface area (Å²) in [4.78, 5) is 13.3. The molecule has 2 heterocycles. The average Bonchev–Trinajstić information content (AvgIpc) is 2.72. The number of amides is 1. The predicted molar refractivity (Wildman–Crippen MR) is 45.0 cm³/mol. The molecule has 1 aromatic rings.